The zero-order valence-corrected chi connectivity index (χ0v) is 18.3. The van der Waals surface area contributed by atoms with Gasteiger partial charge in [0.15, 0.2) is 0 Å². The first-order valence-electron chi connectivity index (χ1n) is 10.6. The number of carbonyl (C=O) groups excluding carboxylic acids is 2. The van der Waals surface area contributed by atoms with Gasteiger partial charge in [0.05, 0.1) is 18.3 Å². The molecule has 0 aromatic carbocycles. The van der Waals surface area contributed by atoms with Crippen molar-refractivity contribution in [3.8, 4) is 0 Å². The van der Waals surface area contributed by atoms with Gasteiger partial charge in [-0.3, -0.25) is 9.78 Å². The predicted molar refractivity (Wildman–Crippen MR) is 113 cm³/mol. The fourth-order valence-corrected chi connectivity index (χ4v) is 3.48. The molecular formula is C22H34N4O3. The number of ether oxygens (including phenoxy) is 1. The van der Waals surface area contributed by atoms with E-state index >= 15 is 0 Å². The first kappa shape index (κ1) is 22.8. The second kappa shape index (κ2) is 10.9. The lowest BCUT2D eigenvalue weighted by atomic mass is 10.00. The van der Waals surface area contributed by atoms with Crippen LogP contribution >= 0.6 is 0 Å². The van der Waals surface area contributed by atoms with Crippen LogP contribution in [-0.2, 0) is 20.9 Å². The highest BCUT2D eigenvalue weighted by Crippen LogP contribution is 2.17. The van der Waals surface area contributed by atoms with E-state index in [4.69, 9.17) is 4.74 Å². The molecule has 7 heteroatoms. The lowest BCUT2D eigenvalue weighted by molar-refractivity contribution is -0.148. The Morgan fingerprint density at radius 2 is 2.00 bits per heavy atom. The second-order valence-corrected chi connectivity index (χ2v) is 8.01. The number of aryl methyl sites for hydroxylation is 2. The number of nitrogens with one attached hydrogen (secondary N) is 1. The van der Waals surface area contributed by atoms with Crippen LogP contribution in [0.1, 0.15) is 59.2 Å². The van der Waals surface area contributed by atoms with Gasteiger partial charge < -0.3 is 14.6 Å². The summed E-state index contributed by atoms with van der Waals surface area (Å²) in [5.41, 5.74) is 2.00. The van der Waals surface area contributed by atoms with Crippen LogP contribution < -0.4 is 5.32 Å². The van der Waals surface area contributed by atoms with E-state index in [0.717, 1.165) is 42.7 Å². The summed E-state index contributed by atoms with van der Waals surface area (Å²) in [5, 5.41) is 2.88. The summed E-state index contributed by atoms with van der Waals surface area (Å²) >= 11 is 0. The van der Waals surface area contributed by atoms with Crippen molar-refractivity contribution >= 4 is 22.9 Å². The second-order valence-electron chi connectivity index (χ2n) is 8.01. The Kier molecular flexibility index (Phi) is 8.61. The highest BCUT2D eigenvalue weighted by atomic mass is 16.5. The average molecular weight is 403 g/mol. The van der Waals surface area contributed by atoms with Crippen molar-refractivity contribution in [1.82, 2.24) is 19.9 Å². The normalized spacial score (nSPS) is 13.4. The number of rotatable bonds is 11. The van der Waals surface area contributed by atoms with E-state index in [2.05, 4.69) is 19.9 Å². The summed E-state index contributed by atoms with van der Waals surface area (Å²) in [4.78, 5) is 33.3. The fourth-order valence-electron chi connectivity index (χ4n) is 3.48. The third-order valence-electron chi connectivity index (χ3n) is 5.05. The van der Waals surface area contributed by atoms with Crippen molar-refractivity contribution in [2.75, 3.05) is 6.61 Å². The summed E-state index contributed by atoms with van der Waals surface area (Å²) in [6, 6.07) is 1.41. The molecule has 0 aliphatic rings. The third kappa shape index (κ3) is 6.54. The van der Waals surface area contributed by atoms with Gasteiger partial charge in [-0.1, -0.05) is 27.2 Å². The Hall–Kier alpha value is -2.44. The lowest BCUT2D eigenvalue weighted by Gasteiger charge is -2.21. The Morgan fingerprint density at radius 1 is 1.24 bits per heavy atom. The van der Waals surface area contributed by atoms with Crippen LogP contribution in [0, 0.1) is 18.8 Å². The number of esters is 1. The van der Waals surface area contributed by atoms with Gasteiger partial charge in [0.2, 0.25) is 5.91 Å². The van der Waals surface area contributed by atoms with Crippen molar-refractivity contribution in [3.63, 3.8) is 0 Å². The molecule has 0 aliphatic carbocycles. The van der Waals surface area contributed by atoms with Gasteiger partial charge in [-0.15, -0.1) is 0 Å². The molecule has 2 aromatic rings. The summed E-state index contributed by atoms with van der Waals surface area (Å²) in [6.07, 6.45) is 6.80. The van der Waals surface area contributed by atoms with Gasteiger partial charge >= 0.3 is 5.97 Å². The Bertz CT molecular complexity index is 815. The van der Waals surface area contributed by atoms with E-state index in [1.807, 2.05) is 33.8 Å². The minimum atomic E-state index is -0.571. The monoisotopic (exact) mass is 402 g/mol. The molecule has 0 aliphatic heterocycles. The molecule has 0 spiro atoms. The van der Waals surface area contributed by atoms with Crippen LogP contribution in [0.4, 0.5) is 0 Å². The molecule has 2 aromatic heterocycles. The van der Waals surface area contributed by atoms with Crippen LogP contribution in [0.25, 0.3) is 11.0 Å². The number of unbranched alkanes of at least 4 members (excludes halogenated alkanes) is 1. The maximum absolute atomic E-state index is 12.6. The van der Waals surface area contributed by atoms with Crippen LogP contribution in [-0.4, -0.2) is 39.1 Å². The smallest absolute Gasteiger partial charge is 0.328 e. The molecule has 0 radical (unpaired) electrons. The SMILES string of the molecule is CCOC(=O)[C@H](CC(C)C)NC(=O)C(C)CCCCn1c(C)nc2cnccc21. The molecular weight excluding hydrogens is 368 g/mol. The standard InChI is InChI=1S/C22H34N4O3/c1-6-29-22(28)18(13-15(2)3)25-21(27)16(4)9-7-8-12-26-17(5)24-19-14-23-11-10-20(19)26/h10-11,14-16,18H,6-9,12-13H2,1-5H3,(H,25,27)/t16?,18-/m0/s1. The molecule has 1 amide bonds. The van der Waals surface area contributed by atoms with E-state index in [0.29, 0.717) is 18.9 Å². The average Bonchev–Trinajstić information content (AvgIpc) is 2.99. The largest absolute Gasteiger partial charge is 0.464 e. The molecule has 2 atom stereocenters. The van der Waals surface area contributed by atoms with Gasteiger partial charge in [0.1, 0.15) is 17.4 Å². The topological polar surface area (TPSA) is 86.1 Å². The third-order valence-corrected chi connectivity index (χ3v) is 5.05. The van der Waals surface area contributed by atoms with E-state index < -0.39 is 6.04 Å². The molecule has 29 heavy (non-hydrogen) atoms. The van der Waals surface area contributed by atoms with Crippen LogP contribution in [0.15, 0.2) is 18.5 Å². The van der Waals surface area contributed by atoms with E-state index in [1.165, 1.54) is 0 Å². The number of carbonyl (C=O) groups is 2. The summed E-state index contributed by atoms with van der Waals surface area (Å²) in [6.45, 7) is 10.9. The minimum absolute atomic E-state index is 0.0842. The van der Waals surface area contributed by atoms with Gasteiger partial charge in [-0.25, -0.2) is 9.78 Å². The molecule has 1 unspecified atom stereocenters. The first-order chi connectivity index (χ1) is 13.8. The first-order valence-corrected chi connectivity index (χ1v) is 10.6. The van der Waals surface area contributed by atoms with Crippen molar-refractivity contribution in [1.29, 1.82) is 0 Å². The van der Waals surface area contributed by atoms with E-state index in [9.17, 15) is 9.59 Å². The highest BCUT2D eigenvalue weighted by molar-refractivity contribution is 5.85. The van der Waals surface area contributed by atoms with Gasteiger partial charge in [-0.2, -0.15) is 0 Å². The summed E-state index contributed by atoms with van der Waals surface area (Å²) < 4.78 is 7.30. The molecule has 0 saturated heterocycles. The number of aromatic nitrogens is 3. The fraction of sp³-hybridized carbons (Fsp3) is 0.636. The number of amides is 1. The minimum Gasteiger partial charge on any atom is -0.464 e. The zero-order valence-electron chi connectivity index (χ0n) is 18.3. The molecule has 2 heterocycles. The molecule has 1 N–H and O–H groups in total. The van der Waals surface area contributed by atoms with E-state index in [-0.39, 0.29) is 17.8 Å². The lowest BCUT2D eigenvalue weighted by Crippen LogP contribution is -2.44. The molecule has 0 saturated carbocycles. The molecule has 7 nitrogen and oxygen atoms in total. The van der Waals surface area contributed by atoms with Gasteiger partial charge in [-0.05, 0) is 45.1 Å². The maximum Gasteiger partial charge on any atom is 0.328 e. The summed E-state index contributed by atoms with van der Waals surface area (Å²) in [7, 11) is 0. The van der Waals surface area contributed by atoms with Crippen LogP contribution in [0.3, 0.4) is 0 Å². The van der Waals surface area contributed by atoms with Crippen LogP contribution in [0.2, 0.25) is 0 Å². The number of pyridine rings is 1. The van der Waals surface area contributed by atoms with Crippen molar-refractivity contribution in [2.24, 2.45) is 11.8 Å². The molecule has 2 rings (SSSR count). The Labute approximate surface area is 173 Å². The quantitative estimate of drug-likeness (QED) is 0.458. The van der Waals surface area contributed by atoms with Gasteiger partial charge in [0, 0.05) is 18.7 Å². The van der Waals surface area contributed by atoms with Crippen molar-refractivity contribution in [3.05, 3.63) is 24.3 Å². The zero-order chi connectivity index (χ0) is 21.4. The number of fused-ring (bicyclic) bond motifs is 1. The highest BCUT2D eigenvalue weighted by Gasteiger charge is 2.25. The number of nitrogens with zero attached hydrogens (tertiary/aromatic N) is 3. The summed E-state index contributed by atoms with van der Waals surface area (Å²) in [5.74, 6) is 0.690. The Balaban J connectivity index is 1.82. The van der Waals surface area contributed by atoms with E-state index in [1.54, 1.807) is 19.3 Å². The molecule has 0 fully saturated rings. The predicted octanol–water partition coefficient (Wildman–Crippen LogP) is 3.64. The van der Waals surface area contributed by atoms with Crippen molar-refractivity contribution in [2.45, 2.75) is 72.9 Å². The van der Waals surface area contributed by atoms with Crippen LogP contribution in [0.5, 0.6) is 0 Å². The molecule has 160 valence electrons. The number of hydrogen-bond acceptors (Lipinski definition) is 5. The number of imidazole rings is 1. The molecule has 0 bridgehead atoms. The van der Waals surface area contributed by atoms with Crippen molar-refractivity contribution < 1.29 is 14.3 Å². The number of hydrogen-bond donors (Lipinski definition) is 1. The Morgan fingerprint density at radius 3 is 2.69 bits per heavy atom. The van der Waals surface area contributed by atoms with Gasteiger partial charge in [0.25, 0.3) is 0 Å². The maximum atomic E-state index is 12.6.